The molecule has 0 aliphatic carbocycles. The van der Waals surface area contributed by atoms with E-state index in [0.29, 0.717) is 10.8 Å². The number of nitrogens with one attached hydrogen (secondary N) is 2. The molecule has 0 fully saturated rings. The minimum absolute atomic E-state index is 0.00195. The lowest BCUT2D eigenvalue weighted by Gasteiger charge is -2.07. The van der Waals surface area contributed by atoms with E-state index in [-0.39, 0.29) is 10.6 Å². The van der Waals surface area contributed by atoms with Crippen LogP contribution in [0.25, 0.3) is 0 Å². The summed E-state index contributed by atoms with van der Waals surface area (Å²) in [5.41, 5.74) is 1.10. The molecular formula is C12H10ClN3O3S. The van der Waals surface area contributed by atoms with Gasteiger partial charge < -0.3 is 10.4 Å². The van der Waals surface area contributed by atoms with Gasteiger partial charge in [0.1, 0.15) is 0 Å². The van der Waals surface area contributed by atoms with E-state index in [1.54, 1.807) is 5.38 Å². The van der Waals surface area contributed by atoms with Crippen molar-refractivity contribution in [1.82, 2.24) is 4.98 Å². The lowest BCUT2D eigenvalue weighted by atomic mass is 10.2. The van der Waals surface area contributed by atoms with Crippen molar-refractivity contribution in [3.63, 3.8) is 0 Å². The minimum Gasteiger partial charge on any atom is -0.478 e. The van der Waals surface area contributed by atoms with E-state index in [0.717, 1.165) is 5.69 Å². The van der Waals surface area contributed by atoms with E-state index in [9.17, 15) is 9.59 Å². The molecule has 0 saturated carbocycles. The zero-order valence-corrected chi connectivity index (χ0v) is 11.9. The zero-order valence-electron chi connectivity index (χ0n) is 10.3. The number of aryl methyl sites for hydroxylation is 1. The van der Waals surface area contributed by atoms with Crippen LogP contribution < -0.4 is 10.6 Å². The van der Waals surface area contributed by atoms with Crippen molar-refractivity contribution < 1.29 is 14.7 Å². The lowest BCUT2D eigenvalue weighted by molar-refractivity contribution is 0.0697. The number of rotatable bonds is 3. The first-order valence-electron chi connectivity index (χ1n) is 5.48. The number of carbonyl (C=O) groups excluding carboxylic acids is 1. The van der Waals surface area contributed by atoms with Crippen LogP contribution >= 0.6 is 22.9 Å². The maximum Gasteiger partial charge on any atom is 0.335 e. The summed E-state index contributed by atoms with van der Waals surface area (Å²) in [6.45, 7) is 1.82. The maximum atomic E-state index is 11.7. The van der Waals surface area contributed by atoms with E-state index < -0.39 is 12.0 Å². The van der Waals surface area contributed by atoms with Gasteiger partial charge in [0, 0.05) is 16.1 Å². The van der Waals surface area contributed by atoms with E-state index >= 15 is 0 Å². The molecule has 1 aromatic carbocycles. The quantitative estimate of drug-likeness (QED) is 0.809. The predicted molar refractivity (Wildman–Crippen MR) is 77.9 cm³/mol. The van der Waals surface area contributed by atoms with Crippen molar-refractivity contribution in [1.29, 1.82) is 0 Å². The highest BCUT2D eigenvalue weighted by Crippen LogP contribution is 2.20. The second kappa shape index (κ2) is 5.89. The number of amides is 2. The molecule has 6 nitrogen and oxygen atoms in total. The average Bonchev–Trinajstić information content (AvgIpc) is 2.73. The number of carboxylic acids is 1. The molecule has 0 aliphatic heterocycles. The van der Waals surface area contributed by atoms with E-state index in [1.807, 2.05) is 6.92 Å². The molecule has 2 rings (SSSR count). The first-order valence-corrected chi connectivity index (χ1v) is 6.74. The number of nitrogens with zero attached hydrogens (tertiary/aromatic N) is 1. The van der Waals surface area contributed by atoms with Crippen molar-refractivity contribution in [3.05, 3.63) is 39.9 Å². The van der Waals surface area contributed by atoms with Gasteiger partial charge in [-0.3, -0.25) is 5.32 Å². The summed E-state index contributed by atoms with van der Waals surface area (Å²) >= 11 is 7.09. The Morgan fingerprint density at radius 3 is 2.65 bits per heavy atom. The highest BCUT2D eigenvalue weighted by molar-refractivity contribution is 7.13. The Hall–Kier alpha value is -2.12. The van der Waals surface area contributed by atoms with Gasteiger partial charge in [-0.15, -0.1) is 11.3 Å². The van der Waals surface area contributed by atoms with Crippen LogP contribution in [-0.4, -0.2) is 22.1 Å². The topological polar surface area (TPSA) is 91.3 Å². The standard InChI is InChI=1S/C12H10ClN3O3S/c1-6-5-20-12(14-6)16-11(19)15-9-3-7(10(17)18)2-8(13)4-9/h2-5H,1H3,(H,17,18)(H2,14,15,16,19). The summed E-state index contributed by atoms with van der Waals surface area (Å²) in [4.78, 5) is 26.7. The summed E-state index contributed by atoms with van der Waals surface area (Å²) < 4.78 is 0. The minimum atomic E-state index is -1.12. The Labute approximate surface area is 123 Å². The first-order chi connectivity index (χ1) is 9.44. The van der Waals surface area contributed by atoms with Crippen LogP contribution in [0.1, 0.15) is 16.1 Å². The van der Waals surface area contributed by atoms with Gasteiger partial charge >= 0.3 is 12.0 Å². The molecule has 0 spiro atoms. The van der Waals surface area contributed by atoms with Crippen LogP contribution in [0, 0.1) is 6.92 Å². The SMILES string of the molecule is Cc1csc(NC(=O)Nc2cc(Cl)cc(C(=O)O)c2)n1. The summed E-state index contributed by atoms with van der Waals surface area (Å²) in [5, 5.41) is 16.5. The van der Waals surface area contributed by atoms with Crippen molar-refractivity contribution in [2.45, 2.75) is 6.92 Å². The van der Waals surface area contributed by atoms with Crippen LogP contribution in [0.4, 0.5) is 15.6 Å². The fourth-order valence-electron chi connectivity index (χ4n) is 1.46. The number of hydrogen-bond acceptors (Lipinski definition) is 4. The fourth-order valence-corrected chi connectivity index (χ4v) is 2.37. The number of carbonyl (C=O) groups is 2. The molecule has 20 heavy (non-hydrogen) atoms. The van der Waals surface area contributed by atoms with Crippen LogP contribution in [0.15, 0.2) is 23.6 Å². The van der Waals surface area contributed by atoms with Gasteiger partial charge in [-0.2, -0.15) is 0 Å². The van der Waals surface area contributed by atoms with Gasteiger partial charge in [0.05, 0.1) is 11.3 Å². The number of thiazole rings is 1. The molecule has 0 unspecified atom stereocenters. The van der Waals surface area contributed by atoms with Crippen molar-refractivity contribution in [2.75, 3.05) is 10.6 Å². The van der Waals surface area contributed by atoms with Crippen LogP contribution in [0.2, 0.25) is 5.02 Å². The number of urea groups is 1. The third-order valence-corrected chi connectivity index (χ3v) is 3.34. The average molecular weight is 312 g/mol. The number of carboxylic acid groups (broad SMARTS) is 1. The number of hydrogen-bond donors (Lipinski definition) is 3. The highest BCUT2D eigenvalue weighted by atomic mass is 35.5. The van der Waals surface area contributed by atoms with Gasteiger partial charge in [-0.1, -0.05) is 11.6 Å². The van der Waals surface area contributed by atoms with Gasteiger partial charge in [-0.25, -0.2) is 14.6 Å². The molecule has 0 radical (unpaired) electrons. The largest absolute Gasteiger partial charge is 0.478 e. The van der Waals surface area contributed by atoms with E-state index in [1.165, 1.54) is 29.5 Å². The highest BCUT2D eigenvalue weighted by Gasteiger charge is 2.09. The zero-order chi connectivity index (χ0) is 14.7. The van der Waals surface area contributed by atoms with Crippen LogP contribution in [-0.2, 0) is 0 Å². The van der Waals surface area contributed by atoms with Gasteiger partial charge in [0.2, 0.25) is 0 Å². The number of anilines is 2. The Morgan fingerprint density at radius 1 is 1.30 bits per heavy atom. The van der Waals surface area contributed by atoms with Gasteiger partial charge in [0.25, 0.3) is 0 Å². The van der Waals surface area contributed by atoms with Crippen molar-refractivity contribution in [2.24, 2.45) is 0 Å². The molecule has 1 heterocycles. The number of aromatic carboxylic acids is 1. The second-order valence-corrected chi connectivity index (χ2v) is 5.20. The summed E-state index contributed by atoms with van der Waals surface area (Å²) in [5.74, 6) is -1.12. The Bertz CT molecular complexity index is 672. The van der Waals surface area contributed by atoms with Crippen LogP contribution in [0.3, 0.4) is 0 Å². The van der Waals surface area contributed by atoms with Crippen molar-refractivity contribution in [3.8, 4) is 0 Å². The second-order valence-electron chi connectivity index (χ2n) is 3.91. The molecule has 104 valence electrons. The molecule has 8 heteroatoms. The smallest absolute Gasteiger partial charge is 0.335 e. The molecule has 1 aromatic heterocycles. The predicted octanol–water partition coefficient (Wildman–Crippen LogP) is 3.45. The number of benzene rings is 1. The molecule has 3 N–H and O–H groups in total. The molecular weight excluding hydrogens is 302 g/mol. The number of halogens is 1. The van der Waals surface area contributed by atoms with Crippen LogP contribution in [0.5, 0.6) is 0 Å². The molecule has 0 saturated heterocycles. The summed E-state index contributed by atoms with van der Waals surface area (Å²) in [7, 11) is 0. The maximum absolute atomic E-state index is 11.7. The molecule has 0 bridgehead atoms. The monoisotopic (exact) mass is 311 g/mol. The molecule has 2 amide bonds. The van der Waals surface area contributed by atoms with Gasteiger partial charge in [-0.05, 0) is 25.1 Å². The number of aromatic nitrogens is 1. The summed E-state index contributed by atoms with van der Waals surface area (Å²) in [6, 6.07) is 3.57. The summed E-state index contributed by atoms with van der Waals surface area (Å²) in [6.07, 6.45) is 0. The Morgan fingerprint density at radius 2 is 2.05 bits per heavy atom. The molecule has 2 aromatic rings. The van der Waals surface area contributed by atoms with E-state index in [2.05, 4.69) is 15.6 Å². The fraction of sp³-hybridized carbons (Fsp3) is 0.0833. The van der Waals surface area contributed by atoms with Gasteiger partial charge in [0.15, 0.2) is 5.13 Å². The Kier molecular flexibility index (Phi) is 4.21. The van der Waals surface area contributed by atoms with E-state index in [4.69, 9.17) is 16.7 Å². The van der Waals surface area contributed by atoms with Crippen molar-refractivity contribution >= 4 is 45.8 Å². The third-order valence-electron chi connectivity index (χ3n) is 2.24. The lowest BCUT2D eigenvalue weighted by Crippen LogP contribution is -2.19. The molecule has 0 atom stereocenters. The normalized spacial score (nSPS) is 10.1. The molecule has 0 aliphatic rings. The Balaban J connectivity index is 2.09. The first kappa shape index (κ1) is 14.3. The third kappa shape index (κ3) is 3.69.